The average Bonchev–Trinajstić information content (AvgIpc) is 3.16. The van der Waals surface area contributed by atoms with E-state index < -0.39 is 11.9 Å². The molecule has 1 unspecified atom stereocenters. The molecular formula is C20H26N4O4. The highest BCUT2D eigenvalue weighted by Crippen LogP contribution is 2.29. The highest BCUT2D eigenvalue weighted by molar-refractivity contribution is 5.91. The third-order valence-corrected chi connectivity index (χ3v) is 5.06. The number of hydrogen-bond acceptors (Lipinski definition) is 5. The Hall–Kier alpha value is -2.90. The second kappa shape index (κ2) is 9.34. The van der Waals surface area contributed by atoms with Gasteiger partial charge in [-0.3, -0.25) is 19.4 Å². The van der Waals surface area contributed by atoms with Gasteiger partial charge in [-0.25, -0.2) is 0 Å². The molecule has 1 atom stereocenters. The number of aliphatic carboxylic acids is 1. The Morgan fingerprint density at radius 1 is 1.32 bits per heavy atom. The van der Waals surface area contributed by atoms with Crippen LogP contribution < -0.4 is 10.6 Å². The Kier molecular flexibility index (Phi) is 6.62. The summed E-state index contributed by atoms with van der Waals surface area (Å²) in [7, 11) is 0. The third-order valence-electron chi connectivity index (χ3n) is 5.06. The van der Waals surface area contributed by atoms with Crippen LogP contribution in [0.25, 0.3) is 0 Å². The molecule has 1 aromatic carbocycles. The number of fused-ring (bicyclic) bond motifs is 1. The van der Waals surface area contributed by atoms with Crippen molar-refractivity contribution in [3.05, 3.63) is 35.4 Å². The van der Waals surface area contributed by atoms with Gasteiger partial charge in [0.05, 0.1) is 31.3 Å². The van der Waals surface area contributed by atoms with Crippen LogP contribution in [0.3, 0.4) is 0 Å². The highest BCUT2D eigenvalue weighted by atomic mass is 16.4. The van der Waals surface area contributed by atoms with Gasteiger partial charge in [0, 0.05) is 26.1 Å². The number of nitrogens with one attached hydrogen (secondary N) is 2. The molecule has 0 bridgehead atoms. The van der Waals surface area contributed by atoms with E-state index in [-0.39, 0.29) is 24.8 Å². The zero-order chi connectivity index (χ0) is 19.9. The van der Waals surface area contributed by atoms with Crippen LogP contribution in [-0.4, -0.2) is 66.3 Å². The van der Waals surface area contributed by atoms with Crippen LogP contribution in [-0.2, 0) is 20.8 Å². The predicted molar refractivity (Wildman–Crippen MR) is 104 cm³/mol. The van der Waals surface area contributed by atoms with Crippen LogP contribution in [0.1, 0.15) is 36.3 Å². The summed E-state index contributed by atoms with van der Waals surface area (Å²) < 4.78 is 0. The van der Waals surface area contributed by atoms with Gasteiger partial charge in [0.25, 0.3) is 0 Å². The van der Waals surface area contributed by atoms with Gasteiger partial charge in [-0.2, -0.15) is 0 Å². The normalized spacial score (nSPS) is 18.7. The molecule has 1 aromatic rings. The number of carboxylic acids is 1. The molecule has 0 fully saturated rings. The molecule has 0 aliphatic carbocycles. The molecule has 28 heavy (non-hydrogen) atoms. The number of carboxylic acid groups (broad SMARTS) is 1. The number of carbonyl (C=O) groups is 3. The number of rotatable bonds is 8. The van der Waals surface area contributed by atoms with Gasteiger partial charge in [-0.15, -0.1) is 0 Å². The van der Waals surface area contributed by atoms with E-state index in [9.17, 15) is 19.5 Å². The van der Waals surface area contributed by atoms with Crippen molar-refractivity contribution in [3.63, 3.8) is 0 Å². The second-order valence-corrected chi connectivity index (χ2v) is 7.07. The zero-order valence-electron chi connectivity index (χ0n) is 15.8. The van der Waals surface area contributed by atoms with Crippen molar-refractivity contribution < 1.29 is 19.5 Å². The number of aliphatic imine (C=N–C) groups is 1. The fourth-order valence-electron chi connectivity index (χ4n) is 3.68. The fourth-order valence-corrected chi connectivity index (χ4v) is 3.68. The first kappa shape index (κ1) is 19.9. The molecule has 2 aliphatic heterocycles. The smallest absolute Gasteiger partial charge is 0.304 e. The van der Waals surface area contributed by atoms with E-state index >= 15 is 0 Å². The number of amidine groups is 1. The third kappa shape index (κ3) is 5.09. The van der Waals surface area contributed by atoms with Crippen molar-refractivity contribution >= 4 is 23.6 Å². The van der Waals surface area contributed by atoms with Crippen molar-refractivity contribution in [2.45, 2.75) is 31.6 Å². The summed E-state index contributed by atoms with van der Waals surface area (Å²) in [5.41, 5.74) is 1.72. The summed E-state index contributed by atoms with van der Waals surface area (Å²) in [5, 5.41) is 15.3. The first-order valence-corrected chi connectivity index (χ1v) is 9.67. The van der Waals surface area contributed by atoms with Gasteiger partial charge in [0.2, 0.25) is 11.8 Å². The summed E-state index contributed by atoms with van der Waals surface area (Å²) in [5.74, 6) is -1.33. The minimum absolute atomic E-state index is 0.0534. The van der Waals surface area contributed by atoms with E-state index in [0.29, 0.717) is 19.5 Å². The topological polar surface area (TPSA) is 111 Å². The van der Waals surface area contributed by atoms with Crippen molar-refractivity contribution in [2.75, 3.05) is 32.7 Å². The zero-order valence-corrected chi connectivity index (χ0v) is 15.8. The Morgan fingerprint density at radius 3 is 2.89 bits per heavy atom. The molecule has 2 amide bonds. The maximum Gasteiger partial charge on any atom is 0.304 e. The molecule has 3 N–H and O–H groups in total. The molecule has 2 heterocycles. The van der Waals surface area contributed by atoms with Crippen molar-refractivity contribution in [2.24, 2.45) is 4.99 Å². The average molecular weight is 386 g/mol. The quantitative estimate of drug-likeness (QED) is 0.565. The van der Waals surface area contributed by atoms with E-state index in [4.69, 9.17) is 0 Å². The molecule has 0 saturated heterocycles. The Morgan fingerprint density at radius 2 is 2.14 bits per heavy atom. The fraction of sp³-hybridized carbons (Fsp3) is 0.500. The number of hydrogen-bond donors (Lipinski definition) is 3. The lowest BCUT2D eigenvalue weighted by Crippen LogP contribution is -2.43. The summed E-state index contributed by atoms with van der Waals surface area (Å²) in [6.45, 7) is 2.54. The first-order chi connectivity index (χ1) is 13.5. The van der Waals surface area contributed by atoms with Crippen molar-refractivity contribution in [1.82, 2.24) is 15.5 Å². The number of carbonyl (C=O) groups excluding carboxylic acids is 2. The summed E-state index contributed by atoms with van der Waals surface area (Å²) in [4.78, 5) is 42.3. The minimum atomic E-state index is -1.03. The molecule has 0 saturated carbocycles. The van der Waals surface area contributed by atoms with Gasteiger partial charge >= 0.3 is 5.97 Å². The lowest BCUT2D eigenvalue weighted by molar-refractivity contribution is -0.143. The van der Waals surface area contributed by atoms with Crippen LogP contribution in [0.5, 0.6) is 0 Å². The van der Waals surface area contributed by atoms with Gasteiger partial charge in [-0.05, 0) is 24.0 Å². The summed E-state index contributed by atoms with van der Waals surface area (Å²) in [6.07, 6.45) is 1.90. The number of amides is 2. The maximum absolute atomic E-state index is 12.9. The highest BCUT2D eigenvalue weighted by Gasteiger charge is 2.33. The van der Waals surface area contributed by atoms with Gasteiger partial charge in [0.15, 0.2) is 0 Å². The molecule has 0 radical (unpaired) electrons. The molecule has 8 nitrogen and oxygen atoms in total. The molecule has 0 aromatic heterocycles. The van der Waals surface area contributed by atoms with Gasteiger partial charge in [-0.1, -0.05) is 24.3 Å². The number of benzene rings is 1. The molecular weight excluding hydrogens is 360 g/mol. The van der Waals surface area contributed by atoms with Crippen LogP contribution >= 0.6 is 0 Å². The Labute approximate surface area is 164 Å². The SMILES string of the molecule is O=C(O)CC1C(=O)N(CC(=O)NCCCC2=NCCN2)CCc2ccccc21. The van der Waals surface area contributed by atoms with E-state index in [0.717, 1.165) is 42.9 Å². The van der Waals surface area contributed by atoms with Crippen molar-refractivity contribution in [3.8, 4) is 0 Å². The molecule has 8 heteroatoms. The molecule has 0 spiro atoms. The largest absolute Gasteiger partial charge is 0.481 e. The van der Waals surface area contributed by atoms with E-state index in [1.54, 1.807) is 0 Å². The standard InChI is InChI=1S/C20H26N4O4/c25-18(23-8-3-6-17-21-9-10-22-17)13-24-11-7-14-4-1-2-5-15(14)16(20(24)28)12-19(26)27/h1-2,4-5,16H,3,6-13H2,(H,21,22)(H,23,25)(H,26,27). The van der Waals surface area contributed by atoms with Crippen molar-refractivity contribution in [1.29, 1.82) is 0 Å². The summed E-state index contributed by atoms with van der Waals surface area (Å²) >= 11 is 0. The van der Waals surface area contributed by atoms with Gasteiger partial charge in [0.1, 0.15) is 0 Å². The van der Waals surface area contributed by atoms with E-state index in [2.05, 4.69) is 15.6 Å². The second-order valence-electron chi connectivity index (χ2n) is 7.07. The minimum Gasteiger partial charge on any atom is -0.481 e. The summed E-state index contributed by atoms with van der Waals surface area (Å²) in [6, 6.07) is 7.42. The predicted octanol–water partition coefficient (Wildman–Crippen LogP) is 0.528. The molecule has 150 valence electrons. The van der Waals surface area contributed by atoms with Crippen LogP contribution in [0.15, 0.2) is 29.3 Å². The van der Waals surface area contributed by atoms with E-state index in [1.165, 1.54) is 4.90 Å². The lowest BCUT2D eigenvalue weighted by atomic mass is 9.91. The van der Waals surface area contributed by atoms with Crippen LogP contribution in [0, 0.1) is 0 Å². The van der Waals surface area contributed by atoms with Crippen LogP contribution in [0.4, 0.5) is 0 Å². The lowest BCUT2D eigenvalue weighted by Gasteiger charge is -2.23. The molecule has 2 aliphatic rings. The Bertz CT molecular complexity index is 777. The first-order valence-electron chi connectivity index (χ1n) is 9.67. The maximum atomic E-state index is 12.9. The monoisotopic (exact) mass is 386 g/mol. The Balaban J connectivity index is 1.56. The number of nitrogens with zero attached hydrogens (tertiary/aromatic N) is 2. The molecule has 3 rings (SSSR count). The van der Waals surface area contributed by atoms with E-state index in [1.807, 2.05) is 24.3 Å². The van der Waals surface area contributed by atoms with Gasteiger partial charge < -0.3 is 20.6 Å². The van der Waals surface area contributed by atoms with Crippen LogP contribution in [0.2, 0.25) is 0 Å².